The summed E-state index contributed by atoms with van der Waals surface area (Å²) < 4.78 is 49.2. The molecule has 4 fully saturated rings. The summed E-state index contributed by atoms with van der Waals surface area (Å²) in [6.45, 7) is 4.57. The number of nitrogens with two attached hydrogens (primary N) is 1. The highest BCUT2D eigenvalue weighted by atomic mass is 32.2. The Labute approximate surface area is 162 Å². The van der Waals surface area contributed by atoms with Gasteiger partial charge in [0, 0.05) is 24.0 Å². The Morgan fingerprint density at radius 2 is 1.63 bits per heavy atom. The van der Waals surface area contributed by atoms with Crippen LogP contribution in [0, 0.1) is 16.7 Å². The first-order chi connectivity index (χ1) is 12.2. The summed E-state index contributed by atoms with van der Waals surface area (Å²) in [6, 6.07) is 4.58. The lowest BCUT2D eigenvalue weighted by atomic mass is 9.38. The van der Waals surface area contributed by atoms with E-state index >= 15 is 0 Å². The van der Waals surface area contributed by atoms with Gasteiger partial charge in [0.25, 0.3) is 0 Å². The van der Waals surface area contributed by atoms with Crippen molar-refractivity contribution in [2.75, 3.05) is 12.5 Å². The summed E-state index contributed by atoms with van der Waals surface area (Å²) >= 11 is 0. The first kappa shape index (κ1) is 19.4. The molecule has 1 aromatic carbocycles. The minimum absolute atomic E-state index is 0.0404. The third-order valence-corrected chi connectivity index (χ3v) is 9.45. The van der Waals surface area contributed by atoms with Crippen LogP contribution >= 0.6 is 0 Å². The average Bonchev–Trinajstić information content (AvgIpc) is 2.40. The maximum absolute atomic E-state index is 12.6. The fraction of sp³-hybridized carbons (Fsp3) is 0.700. The van der Waals surface area contributed by atoms with Gasteiger partial charge in [-0.15, -0.1) is 0 Å². The predicted octanol–water partition coefficient (Wildman–Crippen LogP) is 2.89. The minimum Gasteiger partial charge on any atom is -0.324 e. The molecule has 0 amide bonds. The topological polar surface area (TPSA) is 94.3 Å². The maximum atomic E-state index is 12.6. The van der Waals surface area contributed by atoms with Gasteiger partial charge in [-0.05, 0) is 66.5 Å². The van der Waals surface area contributed by atoms with Crippen LogP contribution in [0.1, 0.15) is 57.4 Å². The van der Waals surface area contributed by atoms with Crippen molar-refractivity contribution >= 4 is 19.7 Å². The van der Waals surface area contributed by atoms with Crippen LogP contribution in [0.25, 0.3) is 0 Å². The summed E-state index contributed by atoms with van der Waals surface area (Å²) in [5, 5.41) is 0. The molecule has 0 heterocycles. The highest BCUT2D eigenvalue weighted by Gasteiger charge is 2.64. The Kier molecular flexibility index (Phi) is 3.85. The van der Waals surface area contributed by atoms with Gasteiger partial charge in [0.2, 0.25) is 0 Å². The van der Waals surface area contributed by atoms with Crippen molar-refractivity contribution in [3.05, 3.63) is 23.8 Å². The van der Waals surface area contributed by atoms with Gasteiger partial charge in [0.1, 0.15) is 0 Å². The van der Waals surface area contributed by atoms with Gasteiger partial charge in [-0.2, -0.15) is 0 Å². The smallest absolute Gasteiger partial charge is 0.175 e. The second-order valence-electron chi connectivity index (χ2n) is 10.2. The molecule has 2 N–H and O–H groups in total. The highest BCUT2D eigenvalue weighted by Crippen LogP contribution is 2.70. The number of hydrogen-bond donors (Lipinski definition) is 1. The van der Waals surface area contributed by atoms with E-state index in [0.717, 1.165) is 38.2 Å². The Morgan fingerprint density at radius 1 is 0.963 bits per heavy atom. The third kappa shape index (κ3) is 2.97. The molecule has 0 aliphatic heterocycles. The quantitative estimate of drug-likeness (QED) is 0.825. The van der Waals surface area contributed by atoms with E-state index in [0.29, 0.717) is 11.5 Å². The van der Waals surface area contributed by atoms with Gasteiger partial charge < -0.3 is 5.73 Å². The molecule has 7 heteroatoms. The van der Waals surface area contributed by atoms with Gasteiger partial charge in [-0.1, -0.05) is 19.9 Å². The second kappa shape index (κ2) is 5.36. The van der Waals surface area contributed by atoms with E-state index < -0.39 is 25.2 Å². The van der Waals surface area contributed by atoms with Crippen LogP contribution in [-0.2, 0) is 19.7 Å². The zero-order valence-corrected chi connectivity index (χ0v) is 18.1. The van der Waals surface area contributed by atoms with E-state index in [1.807, 2.05) is 0 Å². The molecule has 0 aromatic heterocycles. The molecule has 5 unspecified atom stereocenters. The summed E-state index contributed by atoms with van der Waals surface area (Å²) in [5.41, 5.74) is 7.42. The van der Waals surface area contributed by atoms with Crippen LogP contribution in [0.2, 0.25) is 0 Å². The Morgan fingerprint density at radius 3 is 2.15 bits per heavy atom. The Bertz CT molecular complexity index is 1010. The van der Waals surface area contributed by atoms with Crippen LogP contribution < -0.4 is 5.73 Å². The van der Waals surface area contributed by atoms with Crippen LogP contribution in [0.4, 0.5) is 0 Å². The molecule has 5 nitrogen and oxygen atoms in total. The molecule has 0 saturated heterocycles. The van der Waals surface area contributed by atoms with E-state index in [1.54, 1.807) is 12.1 Å². The van der Waals surface area contributed by atoms with E-state index in [-0.39, 0.29) is 26.5 Å². The van der Waals surface area contributed by atoms with E-state index in [9.17, 15) is 16.8 Å². The summed E-state index contributed by atoms with van der Waals surface area (Å²) in [6.07, 6.45) is 7.37. The number of rotatable bonds is 3. The van der Waals surface area contributed by atoms with Crippen molar-refractivity contribution in [1.29, 1.82) is 0 Å². The molecule has 4 aliphatic carbocycles. The van der Waals surface area contributed by atoms with Crippen LogP contribution in [0.5, 0.6) is 0 Å². The first-order valence-electron chi connectivity index (χ1n) is 9.48. The minimum atomic E-state index is -3.59. The monoisotopic (exact) mass is 411 g/mol. The molecule has 27 heavy (non-hydrogen) atoms. The molecular weight excluding hydrogens is 382 g/mol. The molecule has 4 bridgehead atoms. The van der Waals surface area contributed by atoms with Crippen LogP contribution in [0.15, 0.2) is 28.0 Å². The van der Waals surface area contributed by atoms with Crippen LogP contribution in [-0.4, -0.2) is 34.9 Å². The van der Waals surface area contributed by atoms with Crippen molar-refractivity contribution in [3.63, 3.8) is 0 Å². The van der Waals surface area contributed by atoms with Crippen molar-refractivity contribution in [2.45, 2.75) is 67.2 Å². The van der Waals surface area contributed by atoms with E-state index in [2.05, 4.69) is 13.8 Å². The lowest BCUT2D eigenvalue weighted by Crippen LogP contribution is -2.67. The van der Waals surface area contributed by atoms with Crippen molar-refractivity contribution in [2.24, 2.45) is 22.5 Å². The molecule has 0 spiro atoms. The largest absolute Gasteiger partial charge is 0.324 e. The van der Waals surface area contributed by atoms with Crippen molar-refractivity contribution in [3.8, 4) is 0 Å². The zero-order chi connectivity index (χ0) is 20.0. The Hall–Kier alpha value is -0.920. The summed E-state index contributed by atoms with van der Waals surface area (Å²) in [5.74, 6) is 0.522. The number of hydrogen-bond acceptors (Lipinski definition) is 5. The molecule has 5 atom stereocenters. The van der Waals surface area contributed by atoms with Gasteiger partial charge in [-0.25, -0.2) is 16.8 Å². The summed E-state index contributed by atoms with van der Waals surface area (Å²) in [4.78, 5) is 0.165. The second-order valence-corrected chi connectivity index (χ2v) is 14.2. The van der Waals surface area contributed by atoms with Gasteiger partial charge in [0.05, 0.1) is 9.79 Å². The fourth-order valence-electron chi connectivity index (χ4n) is 7.35. The van der Waals surface area contributed by atoms with Crippen molar-refractivity contribution in [1.82, 2.24) is 0 Å². The SMILES string of the molecule is CC12CC3CC(C)(C1)C(c1ccc(S(C)(=O)=O)cc1S(C)(=O)=O)C(N)(C3)C2. The molecular formula is C20H29NO4S2. The predicted molar refractivity (Wildman–Crippen MR) is 105 cm³/mol. The Balaban J connectivity index is 1.94. The molecule has 0 radical (unpaired) electrons. The van der Waals surface area contributed by atoms with Gasteiger partial charge in [-0.3, -0.25) is 0 Å². The standard InChI is InChI=1S/C20H29NO4S2/c1-18-8-13-9-19(2,11-18)17(20(21,10-13)12-18)15-6-5-14(26(3,22)23)7-16(15)27(4,24)25/h5-7,13,17H,8-12,21H2,1-4H3. The lowest BCUT2D eigenvalue weighted by Gasteiger charge is -2.68. The van der Waals surface area contributed by atoms with Crippen LogP contribution in [0.3, 0.4) is 0 Å². The zero-order valence-electron chi connectivity index (χ0n) is 16.4. The summed E-state index contributed by atoms with van der Waals surface area (Å²) in [7, 11) is -7.08. The molecule has 5 rings (SSSR count). The van der Waals surface area contributed by atoms with E-state index in [4.69, 9.17) is 5.73 Å². The molecule has 4 aliphatic rings. The lowest BCUT2D eigenvalue weighted by molar-refractivity contribution is -0.124. The average molecular weight is 412 g/mol. The van der Waals surface area contributed by atoms with Crippen molar-refractivity contribution < 1.29 is 16.8 Å². The fourth-order valence-corrected chi connectivity index (χ4v) is 9.03. The maximum Gasteiger partial charge on any atom is 0.175 e. The van der Waals surface area contributed by atoms with E-state index in [1.165, 1.54) is 12.5 Å². The normalized spacial score (nSPS) is 41.1. The van der Waals surface area contributed by atoms with Gasteiger partial charge >= 0.3 is 0 Å². The molecule has 4 saturated carbocycles. The number of sulfone groups is 2. The third-order valence-electron chi connectivity index (χ3n) is 7.19. The van der Waals surface area contributed by atoms with Gasteiger partial charge in [0.15, 0.2) is 19.7 Å². The number of benzene rings is 1. The molecule has 1 aromatic rings. The highest BCUT2D eigenvalue weighted by molar-refractivity contribution is 7.91. The first-order valence-corrected chi connectivity index (χ1v) is 13.3. The molecule has 150 valence electrons.